The van der Waals surface area contributed by atoms with Crippen LogP contribution in [0.4, 0.5) is 4.39 Å². The SMILES string of the molecule is CC(C)(N)C(C)(C)c1nc2c(F)c(Cl)ccc2[nH]1. The van der Waals surface area contributed by atoms with Crippen LogP contribution in [0.3, 0.4) is 0 Å². The van der Waals surface area contributed by atoms with Gasteiger partial charge in [-0.05, 0) is 26.0 Å². The van der Waals surface area contributed by atoms with Crippen molar-refractivity contribution in [3.63, 3.8) is 0 Å². The molecule has 18 heavy (non-hydrogen) atoms. The Morgan fingerprint density at radius 3 is 2.44 bits per heavy atom. The Bertz CT molecular complexity index is 596. The van der Waals surface area contributed by atoms with Gasteiger partial charge in [-0.3, -0.25) is 0 Å². The number of imidazole rings is 1. The summed E-state index contributed by atoms with van der Waals surface area (Å²) in [6, 6.07) is 3.23. The minimum Gasteiger partial charge on any atom is -0.341 e. The Balaban J connectivity index is 2.65. The van der Waals surface area contributed by atoms with Gasteiger partial charge in [0.1, 0.15) is 11.3 Å². The predicted octanol–water partition coefficient (Wildman–Crippen LogP) is 3.37. The van der Waals surface area contributed by atoms with E-state index in [-0.39, 0.29) is 10.5 Å². The van der Waals surface area contributed by atoms with Gasteiger partial charge in [0.05, 0.1) is 10.5 Å². The second kappa shape index (κ2) is 3.93. The molecule has 98 valence electrons. The van der Waals surface area contributed by atoms with Crippen molar-refractivity contribution >= 4 is 22.6 Å². The highest BCUT2D eigenvalue weighted by atomic mass is 35.5. The number of nitrogens with two attached hydrogens (primary N) is 1. The van der Waals surface area contributed by atoms with Crippen LogP contribution in [-0.4, -0.2) is 15.5 Å². The van der Waals surface area contributed by atoms with Crippen molar-refractivity contribution in [2.75, 3.05) is 0 Å². The summed E-state index contributed by atoms with van der Waals surface area (Å²) in [5, 5.41) is 0.0744. The fraction of sp³-hybridized carbons (Fsp3) is 0.462. The van der Waals surface area contributed by atoms with Crippen molar-refractivity contribution in [3.8, 4) is 0 Å². The highest BCUT2D eigenvalue weighted by Crippen LogP contribution is 2.33. The summed E-state index contributed by atoms with van der Waals surface area (Å²) in [6.07, 6.45) is 0. The normalized spacial score (nSPS) is 13.3. The fourth-order valence-electron chi connectivity index (χ4n) is 1.62. The van der Waals surface area contributed by atoms with Crippen molar-refractivity contribution < 1.29 is 4.39 Å². The summed E-state index contributed by atoms with van der Waals surface area (Å²) in [6.45, 7) is 7.79. The van der Waals surface area contributed by atoms with Crippen LogP contribution in [0.25, 0.3) is 11.0 Å². The van der Waals surface area contributed by atoms with E-state index < -0.39 is 16.8 Å². The molecule has 2 aromatic rings. The Kier molecular flexibility index (Phi) is 2.91. The van der Waals surface area contributed by atoms with Gasteiger partial charge in [-0.15, -0.1) is 0 Å². The first kappa shape index (κ1) is 13.3. The van der Waals surface area contributed by atoms with Gasteiger partial charge in [-0.25, -0.2) is 9.37 Å². The van der Waals surface area contributed by atoms with Gasteiger partial charge in [-0.1, -0.05) is 25.4 Å². The first-order chi connectivity index (χ1) is 8.14. The molecular weight excluding hydrogens is 253 g/mol. The second-order valence-electron chi connectivity index (χ2n) is 5.69. The molecule has 0 aliphatic rings. The number of rotatable bonds is 2. The minimum atomic E-state index is -0.498. The second-order valence-corrected chi connectivity index (χ2v) is 6.10. The van der Waals surface area contributed by atoms with E-state index in [1.54, 1.807) is 6.07 Å². The lowest BCUT2D eigenvalue weighted by atomic mass is 9.74. The Morgan fingerprint density at radius 1 is 1.28 bits per heavy atom. The molecule has 0 atom stereocenters. The largest absolute Gasteiger partial charge is 0.341 e. The lowest BCUT2D eigenvalue weighted by molar-refractivity contribution is 0.293. The third-order valence-corrected chi connectivity index (χ3v) is 4.04. The van der Waals surface area contributed by atoms with E-state index in [4.69, 9.17) is 17.3 Å². The lowest BCUT2D eigenvalue weighted by Gasteiger charge is -2.36. The number of aromatic amines is 1. The van der Waals surface area contributed by atoms with Crippen molar-refractivity contribution in [2.45, 2.75) is 38.6 Å². The molecule has 5 heteroatoms. The maximum atomic E-state index is 13.9. The van der Waals surface area contributed by atoms with Gasteiger partial charge in [0, 0.05) is 11.0 Å². The van der Waals surface area contributed by atoms with Gasteiger partial charge in [0.2, 0.25) is 0 Å². The average molecular weight is 270 g/mol. The molecular formula is C13H17ClFN3. The molecule has 1 aromatic heterocycles. The molecule has 3 nitrogen and oxygen atoms in total. The molecule has 0 aliphatic heterocycles. The zero-order valence-corrected chi connectivity index (χ0v) is 11.7. The maximum Gasteiger partial charge on any atom is 0.169 e. The molecule has 0 aliphatic carbocycles. The number of hydrogen-bond acceptors (Lipinski definition) is 2. The number of benzene rings is 1. The highest BCUT2D eigenvalue weighted by Gasteiger charge is 2.38. The van der Waals surface area contributed by atoms with Gasteiger partial charge < -0.3 is 10.7 Å². The number of nitrogens with one attached hydrogen (secondary N) is 1. The summed E-state index contributed by atoms with van der Waals surface area (Å²) in [5.41, 5.74) is 6.15. The number of aromatic nitrogens is 2. The first-order valence-electron chi connectivity index (χ1n) is 5.77. The van der Waals surface area contributed by atoms with Crippen LogP contribution in [0.15, 0.2) is 12.1 Å². The first-order valence-corrected chi connectivity index (χ1v) is 6.15. The topological polar surface area (TPSA) is 54.7 Å². The van der Waals surface area contributed by atoms with E-state index >= 15 is 0 Å². The van der Waals surface area contributed by atoms with Crippen LogP contribution >= 0.6 is 11.6 Å². The number of fused-ring (bicyclic) bond motifs is 1. The zero-order chi connectivity index (χ0) is 13.7. The van der Waals surface area contributed by atoms with Crippen LogP contribution in [0.5, 0.6) is 0 Å². The van der Waals surface area contributed by atoms with E-state index in [0.717, 1.165) is 0 Å². The number of halogens is 2. The van der Waals surface area contributed by atoms with E-state index in [1.165, 1.54) is 6.07 Å². The van der Waals surface area contributed by atoms with Crippen LogP contribution in [0, 0.1) is 5.82 Å². The predicted molar refractivity (Wildman–Crippen MR) is 72.4 cm³/mol. The molecule has 1 heterocycles. The van der Waals surface area contributed by atoms with E-state index in [0.29, 0.717) is 11.3 Å². The molecule has 0 saturated carbocycles. The molecule has 1 aromatic carbocycles. The minimum absolute atomic E-state index is 0.0744. The Hall–Kier alpha value is -1.13. The van der Waals surface area contributed by atoms with Crippen LogP contribution in [0.1, 0.15) is 33.5 Å². The monoisotopic (exact) mass is 269 g/mol. The number of H-pyrrole nitrogens is 1. The zero-order valence-electron chi connectivity index (χ0n) is 10.9. The molecule has 0 radical (unpaired) electrons. The molecule has 0 bridgehead atoms. The quantitative estimate of drug-likeness (QED) is 0.878. The Morgan fingerprint density at radius 2 is 1.89 bits per heavy atom. The van der Waals surface area contributed by atoms with Crippen LogP contribution < -0.4 is 5.73 Å². The highest BCUT2D eigenvalue weighted by molar-refractivity contribution is 6.31. The number of nitrogens with zero attached hydrogens (tertiary/aromatic N) is 1. The summed E-state index contributed by atoms with van der Waals surface area (Å²) in [4.78, 5) is 7.44. The summed E-state index contributed by atoms with van der Waals surface area (Å²) >= 11 is 5.75. The van der Waals surface area contributed by atoms with Crippen LogP contribution in [0.2, 0.25) is 5.02 Å². The summed E-state index contributed by atoms with van der Waals surface area (Å²) < 4.78 is 13.9. The summed E-state index contributed by atoms with van der Waals surface area (Å²) in [7, 11) is 0. The van der Waals surface area contributed by atoms with Gasteiger partial charge in [0.15, 0.2) is 5.82 Å². The third-order valence-electron chi connectivity index (χ3n) is 3.75. The van der Waals surface area contributed by atoms with Gasteiger partial charge in [-0.2, -0.15) is 0 Å². The standard InChI is InChI=1S/C13H17ClFN3/c1-12(2,13(3,4)16)11-17-8-6-5-7(14)9(15)10(8)18-11/h5-6H,16H2,1-4H3,(H,17,18). The van der Waals surface area contributed by atoms with E-state index in [1.807, 2.05) is 27.7 Å². The molecule has 0 fully saturated rings. The van der Waals surface area contributed by atoms with Crippen molar-refractivity contribution in [3.05, 3.63) is 28.8 Å². The molecule has 3 N–H and O–H groups in total. The summed E-state index contributed by atoms with van der Waals surface area (Å²) in [5.74, 6) is 0.161. The molecule has 0 spiro atoms. The lowest BCUT2D eigenvalue weighted by Crippen LogP contribution is -2.50. The molecule has 0 saturated heterocycles. The maximum absolute atomic E-state index is 13.9. The third kappa shape index (κ3) is 1.89. The van der Waals surface area contributed by atoms with E-state index in [2.05, 4.69) is 9.97 Å². The molecule has 2 rings (SSSR count). The van der Waals surface area contributed by atoms with Crippen molar-refractivity contribution in [1.82, 2.24) is 9.97 Å². The number of hydrogen-bond donors (Lipinski definition) is 2. The van der Waals surface area contributed by atoms with Crippen LogP contribution in [-0.2, 0) is 5.41 Å². The molecule has 0 amide bonds. The fourth-order valence-corrected chi connectivity index (χ4v) is 1.77. The average Bonchev–Trinajstić information content (AvgIpc) is 2.67. The van der Waals surface area contributed by atoms with E-state index in [9.17, 15) is 4.39 Å². The molecule has 0 unspecified atom stereocenters. The van der Waals surface area contributed by atoms with Gasteiger partial charge >= 0.3 is 0 Å². The van der Waals surface area contributed by atoms with Crippen molar-refractivity contribution in [2.24, 2.45) is 5.73 Å². The van der Waals surface area contributed by atoms with Gasteiger partial charge in [0.25, 0.3) is 0 Å². The Labute approximate surface area is 111 Å². The van der Waals surface area contributed by atoms with Crippen molar-refractivity contribution in [1.29, 1.82) is 0 Å². The smallest absolute Gasteiger partial charge is 0.169 e.